The highest BCUT2D eigenvalue weighted by molar-refractivity contribution is 5.95. The Morgan fingerprint density at radius 1 is 1.20 bits per heavy atom. The second kappa shape index (κ2) is 5.94. The van der Waals surface area contributed by atoms with Gasteiger partial charge in [0.15, 0.2) is 0 Å². The van der Waals surface area contributed by atoms with Crippen molar-refractivity contribution in [3.05, 3.63) is 35.4 Å². The van der Waals surface area contributed by atoms with Crippen LogP contribution in [0.15, 0.2) is 24.3 Å². The molecule has 0 aliphatic carbocycles. The first kappa shape index (κ1) is 13.6. The van der Waals surface area contributed by atoms with Crippen LogP contribution in [0.3, 0.4) is 0 Å². The summed E-state index contributed by atoms with van der Waals surface area (Å²) in [7, 11) is 0. The van der Waals surface area contributed by atoms with Gasteiger partial charge in [0.05, 0.1) is 0 Å². The fraction of sp³-hybridized carbons (Fsp3) is 0.562. The maximum atomic E-state index is 12.6. The van der Waals surface area contributed by atoms with Crippen molar-refractivity contribution in [2.45, 2.75) is 19.4 Å². The minimum absolute atomic E-state index is 0.195. The van der Waals surface area contributed by atoms with Crippen molar-refractivity contribution in [2.75, 3.05) is 39.3 Å². The van der Waals surface area contributed by atoms with Gasteiger partial charge in [0.25, 0.3) is 5.91 Å². The molecule has 3 rings (SSSR count). The van der Waals surface area contributed by atoms with Crippen LogP contribution in [0.25, 0.3) is 0 Å². The zero-order valence-electron chi connectivity index (χ0n) is 12.1. The number of amides is 1. The monoisotopic (exact) mass is 273 g/mol. The van der Waals surface area contributed by atoms with E-state index in [1.54, 1.807) is 0 Å². The number of likely N-dealkylation sites (tertiary alicyclic amines) is 1. The van der Waals surface area contributed by atoms with Gasteiger partial charge < -0.3 is 10.2 Å². The summed E-state index contributed by atoms with van der Waals surface area (Å²) in [5.74, 6) is 0.195. The third kappa shape index (κ3) is 2.72. The molecule has 2 aliphatic heterocycles. The van der Waals surface area contributed by atoms with Gasteiger partial charge in [-0.1, -0.05) is 18.2 Å². The molecule has 1 aromatic carbocycles. The molecule has 1 amide bonds. The van der Waals surface area contributed by atoms with Gasteiger partial charge >= 0.3 is 0 Å². The quantitative estimate of drug-likeness (QED) is 0.877. The number of hydrogen-bond donors (Lipinski definition) is 1. The summed E-state index contributed by atoms with van der Waals surface area (Å²) in [6.07, 6.45) is 1.11. The predicted molar refractivity (Wildman–Crippen MR) is 79.9 cm³/mol. The largest absolute Gasteiger partial charge is 0.337 e. The lowest BCUT2D eigenvalue weighted by Crippen LogP contribution is -2.49. The van der Waals surface area contributed by atoms with Crippen LogP contribution < -0.4 is 5.32 Å². The number of hydrogen-bond acceptors (Lipinski definition) is 3. The van der Waals surface area contributed by atoms with Gasteiger partial charge in [-0.05, 0) is 25.0 Å². The maximum Gasteiger partial charge on any atom is 0.254 e. The third-order valence-electron chi connectivity index (χ3n) is 4.49. The maximum absolute atomic E-state index is 12.6. The van der Waals surface area contributed by atoms with Crippen LogP contribution in [0.1, 0.15) is 22.3 Å². The van der Waals surface area contributed by atoms with Gasteiger partial charge in [0.2, 0.25) is 0 Å². The number of aryl methyl sites for hydroxylation is 1. The Balaban J connectivity index is 1.65. The summed E-state index contributed by atoms with van der Waals surface area (Å²) in [6.45, 7) is 8.14. The Kier molecular flexibility index (Phi) is 4.03. The van der Waals surface area contributed by atoms with Crippen LogP contribution >= 0.6 is 0 Å². The topological polar surface area (TPSA) is 35.6 Å². The lowest BCUT2D eigenvalue weighted by Gasteiger charge is -2.32. The van der Waals surface area contributed by atoms with Crippen LogP contribution in [0, 0.1) is 6.92 Å². The van der Waals surface area contributed by atoms with Crippen LogP contribution in [-0.2, 0) is 0 Å². The van der Waals surface area contributed by atoms with E-state index in [9.17, 15) is 4.79 Å². The van der Waals surface area contributed by atoms with Crippen molar-refractivity contribution in [1.29, 1.82) is 0 Å². The zero-order valence-corrected chi connectivity index (χ0v) is 12.1. The molecule has 2 saturated heterocycles. The van der Waals surface area contributed by atoms with Crippen molar-refractivity contribution >= 4 is 5.91 Å². The van der Waals surface area contributed by atoms with Crippen molar-refractivity contribution in [2.24, 2.45) is 0 Å². The Labute approximate surface area is 120 Å². The molecular weight excluding hydrogens is 250 g/mol. The Hall–Kier alpha value is -1.39. The van der Waals surface area contributed by atoms with Crippen molar-refractivity contribution in [3.8, 4) is 0 Å². The highest BCUT2D eigenvalue weighted by atomic mass is 16.2. The normalized spacial score (nSPS) is 24.1. The average molecular weight is 273 g/mol. The molecule has 1 unspecified atom stereocenters. The van der Waals surface area contributed by atoms with Crippen molar-refractivity contribution in [3.63, 3.8) is 0 Å². The molecule has 2 heterocycles. The molecule has 2 fully saturated rings. The Morgan fingerprint density at radius 2 is 1.95 bits per heavy atom. The van der Waals surface area contributed by atoms with Crippen LogP contribution in [0.2, 0.25) is 0 Å². The van der Waals surface area contributed by atoms with Gasteiger partial charge in [0, 0.05) is 50.9 Å². The van der Waals surface area contributed by atoms with Crippen molar-refractivity contribution < 1.29 is 4.79 Å². The number of nitrogens with one attached hydrogen (secondary N) is 1. The van der Waals surface area contributed by atoms with E-state index >= 15 is 0 Å². The molecule has 0 radical (unpaired) electrons. The lowest BCUT2D eigenvalue weighted by atomic mass is 10.1. The molecule has 2 aliphatic rings. The summed E-state index contributed by atoms with van der Waals surface area (Å²) >= 11 is 0. The highest BCUT2D eigenvalue weighted by Crippen LogP contribution is 2.19. The van der Waals surface area contributed by atoms with E-state index in [-0.39, 0.29) is 5.91 Å². The number of piperazine rings is 1. The van der Waals surface area contributed by atoms with Gasteiger partial charge in [-0.15, -0.1) is 0 Å². The summed E-state index contributed by atoms with van der Waals surface area (Å²) in [5, 5.41) is 3.38. The SMILES string of the molecule is Cc1ccccc1C(=O)N1CCC(N2CCNCC2)C1. The second-order valence-corrected chi connectivity index (χ2v) is 5.79. The Morgan fingerprint density at radius 3 is 2.70 bits per heavy atom. The molecular formula is C16H23N3O. The lowest BCUT2D eigenvalue weighted by molar-refractivity contribution is 0.0773. The first-order chi connectivity index (χ1) is 9.75. The van der Waals surface area contributed by atoms with Crippen LogP contribution in [-0.4, -0.2) is 61.0 Å². The summed E-state index contributed by atoms with van der Waals surface area (Å²) in [5.41, 5.74) is 1.93. The number of carbonyl (C=O) groups excluding carboxylic acids is 1. The van der Waals surface area contributed by atoms with E-state index in [4.69, 9.17) is 0 Å². The van der Waals surface area contributed by atoms with Crippen LogP contribution in [0.5, 0.6) is 0 Å². The van der Waals surface area contributed by atoms with E-state index in [0.29, 0.717) is 6.04 Å². The first-order valence-electron chi connectivity index (χ1n) is 7.55. The molecule has 0 spiro atoms. The van der Waals surface area contributed by atoms with E-state index in [0.717, 1.165) is 56.8 Å². The van der Waals surface area contributed by atoms with Gasteiger partial charge in [-0.3, -0.25) is 9.69 Å². The molecule has 0 aromatic heterocycles. The fourth-order valence-electron chi connectivity index (χ4n) is 3.25. The number of carbonyl (C=O) groups is 1. The minimum Gasteiger partial charge on any atom is -0.337 e. The smallest absolute Gasteiger partial charge is 0.254 e. The second-order valence-electron chi connectivity index (χ2n) is 5.79. The van der Waals surface area contributed by atoms with E-state index in [1.807, 2.05) is 36.1 Å². The van der Waals surface area contributed by atoms with E-state index in [2.05, 4.69) is 10.2 Å². The number of rotatable bonds is 2. The molecule has 1 atom stereocenters. The molecule has 4 heteroatoms. The van der Waals surface area contributed by atoms with E-state index in [1.165, 1.54) is 0 Å². The molecule has 4 nitrogen and oxygen atoms in total. The highest BCUT2D eigenvalue weighted by Gasteiger charge is 2.31. The number of nitrogens with zero attached hydrogens (tertiary/aromatic N) is 2. The zero-order chi connectivity index (χ0) is 13.9. The summed E-state index contributed by atoms with van der Waals surface area (Å²) < 4.78 is 0. The predicted octanol–water partition coefficient (Wildman–Crippen LogP) is 1.11. The number of benzene rings is 1. The molecule has 20 heavy (non-hydrogen) atoms. The van der Waals surface area contributed by atoms with Gasteiger partial charge in [0.1, 0.15) is 0 Å². The van der Waals surface area contributed by atoms with E-state index < -0.39 is 0 Å². The molecule has 1 N–H and O–H groups in total. The molecule has 0 saturated carbocycles. The minimum atomic E-state index is 0.195. The summed E-state index contributed by atoms with van der Waals surface area (Å²) in [4.78, 5) is 17.1. The molecule has 1 aromatic rings. The van der Waals surface area contributed by atoms with Gasteiger partial charge in [-0.25, -0.2) is 0 Å². The third-order valence-corrected chi connectivity index (χ3v) is 4.49. The average Bonchev–Trinajstić information content (AvgIpc) is 2.98. The van der Waals surface area contributed by atoms with Gasteiger partial charge in [-0.2, -0.15) is 0 Å². The first-order valence-corrected chi connectivity index (χ1v) is 7.55. The Bertz CT molecular complexity index is 482. The molecule has 0 bridgehead atoms. The molecule has 108 valence electrons. The van der Waals surface area contributed by atoms with Crippen LogP contribution in [0.4, 0.5) is 0 Å². The van der Waals surface area contributed by atoms with Crippen molar-refractivity contribution in [1.82, 2.24) is 15.1 Å². The summed E-state index contributed by atoms with van der Waals surface area (Å²) in [6, 6.07) is 8.43. The standard InChI is InChI=1S/C16H23N3O/c1-13-4-2-3-5-15(13)16(20)19-9-6-14(12-19)18-10-7-17-8-11-18/h2-5,14,17H,6-12H2,1H3. The fourth-order valence-corrected chi connectivity index (χ4v) is 3.25.